The number of benzene rings is 1. The zero-order valence-corrected chi connectivity index (χ0v) is 17.3. The molecular weight excluding hydrogens is 388 g/mol. The van der Waals surface area contributed by atoms with Crippen molar-refractivity contribution in [2.75, 3.05) is 46.4 Å². The number of hydrogen-bond donors (Lipinski definition) is 2. The summed E-state index contributed by atoms with van der Waals surface area (Å²) in [6, 6.07) is 7.02. The van der Waals surface area contributed by atoms with E-state index in [2.05, 4.69) is 10.3 Å². The third-order valence-corrected chi connectivity index (χ3v) is 5.19. The lowest BCUT2D eigenvalue weighted by atomic mass is 10.0. The Labute approximate surface area is 175 Å². The van der Waals surface area contributed by atoms with Gasteiger partial charge >= 0.3 is 12.1 Å². The molecule has 2 aromatic rings. The first-order valence-corrected chi connectivity index (χ1v) is 10.1. The molecule has 0 radical (unpaired) electrons. The van der Waals surface area contributed by atoms with E-state index in [1.54, 1.807) is 11.8 Å². The van der Waals surface area contributed by atoms with Crippen LogP contribution in [0.5, 0.6) is 0 Å². The topological polar surface area (TPSA) is 104 Å². The number of aromatic nitrogens is 1. The lowest BCUT2D eigenvalue weighted by molar-refractivity contribution is -0.145. The Balaban J connectivity index is 1.56. The van der Waals surface area contributed by atoms with Crippen molar-refractivity contribution in [2.45, 2.75) is 19.4 Å². The van der Waals surface area contributed by atoms with Gasteiger partial charge in [-0.2, -0.15) is 0 Å². The third kappa shape index (κ3) is 5.29. The van der Waals surface area contributed by atoms with Gasteiger partial charge in [-0.15, -0.1) is 0 Å². The smallest absolute Gasteiger partial charge is 0.409 e. The quantitative estimate of drug-likeness (QED) is 0.656. The fourth-order valence-corrected chi connectivity index (χ4v) is 3.60. The highest BCUT2D eigenvalue weighted by molar-refractivity contribution is 5.87. The Kier molecular flexibility index (Phi) is 7.29. The van der Waals surface area contributed by atoms with E-state index in [1.807, 2.05) is 35.4 Å². The van der Waals surface area contributed by atoms with Crippen LogP contribution in [0.15, 0.2) is 30.5 Å². The van der Waals surface area contributed by atoms with Gasteiger partial charge in [0, 0.05) is 49.7 Å². The number of nitrogens with one attached hydrogen (secondary N) is 2. The van der Waals surface area contributed by atoms with Crippen LogP contribution in [0, 0.1) is 0 Å². The van der Waals surface area contributed by atoms with Crippen molar-refractivity contribution in [3.63, 3.8) is 0 Å². The van der Waals surface area contributed by atoms with Crippen molar-refractivity contribution < 1.29 is 23.9 Å². The second kappa shape index (κ2) is 10.1. The average Bonchev–Trinajstić information content (AvgIpc) is 3.16. The molecule has 9 heteroatoms. The fourth-order valence-electron chi connectivity index (χ4n) is 3.60. The minimum Gasteiger partial charge on any atom is -0.467 e. The lowest BCUT2D eigenvalue weighted by Crippen LogP contribution is -2.53. The van der Waals surface area contributed by atoms with Crippen molar-refractivity contribution >= 4 is 28.9 Å². The Morgan fingerprint density at radius 2 is 1.90 bits per heavy atom. The maximum atomic E-state index is 12.6. The number of H-pyrrole nitrogens is 1. The van der Waals surface area contributed by atoms with Crippen molar-refractivity contribution in [1.29, 1.82) is 0 Å². The minimum absolute atomic E-state index is 0.151. The number of ether oxygens (including phenoxy) is 2. The van der Waals surface area contributed by atoms with Gasteiger partial charge in [0.2, 0.25) is 5.91 Å². The van der Waals surface area contributed by atoms with E-state index in [1.165, 1.54) is 7.11 Å². The Morgan fingerprint density at radius 1 is 1.17 bits per heavy atom. The molecule has 3 rings (SSSR count). The van der Waals surface area contributed by atoms with Crippen LogP contribution in [0.1, 0.15) is 12.5 Å². The van der Waals surface area contributed by atoms with Gasteiger partial charge < -0.3 is 24.7 Å². The van der Waals surface area contributed by atoms with E-state index in [-0.39, 0.29) is 18.5 Å². The molecule has 1 aliphatic rings. The number of methoxy groups -OCH3 is 1. The summed E-state index contributed by atoms with van der Waals surface area (Å²) in [5.74, 6) is -0.740. The van der Waals surface area contributed by atoms with Gasteiger partial charge in [0.15, 0.2) is 0 Å². The van der Waals surface area contributed by atoms with Crippen LogP contribution in [0.3, 0.4) is 0 Å². The van der Waals surface area contributed by atoms with Crippen LogP contribution in [0.4, 0.5) is 4.79 Å². The van der Waals surface area contributed by atoms with Gasteiger partial charge in [0.05, 0.1) is 20.3 Å². The molecule has 0 bridgehead atoms. The number of carbonyl (C=O) groups is 3. The average molecular weight is 416 g/mol. The molecule has 0 unspecified atom stereocenters. The van der Waals surface area contributed by atoms with Crippen molar-refractivity contribution in [3.8, 4) is 0 Å². The Bertz CT molecular complexity index is 888. The molecule has 1 saturated heterocycles. The summed E-state index contributed by atoms with van der Waals surface area (Å²) >= 11 is 0. The highest BCUT2D eigenvalue weighted by Gasteiger charge is 2.26. The van der Waals surface area contributed by atoms with Gasteiger partial charge in [0.1, 0.15) is 6.04 Å². The number of rotatable bonds is 7. The second-order valence-electron chi connectivity index (χ2n) is 7.17. The lowest BCUT2D eigenvalue weighted by Gasteiger charge is -2.33. The van der Waals surface area contributed by atoms with E-state index in [4.69, 9.17) is 9.47 Å². The van der Waals surface area contributed by atoms with Gasteiger partial charge in [-0.1, -0.05) is 18.2 Å². The molecule has 162 valence electrons. The highest BCUT2D eigenvalue weighted by atomic mass is 16.6. The third-order valence-electron chi connectivity index (χ3n) is 5.19. The predicted molar refractivity (Wildman–Crippen MR) is 111 cm³/mol. The molecule has 1 aromatic carbocycles. The maximum absolute atomic E-state index is 12.6. The van der Waals surface area contributed by atoms with Crippen molar-refractivity contribution in [3.05, 3.63) is 36.0 Å². The molecule has 0 saturated carbocycles. The number of aromatic amines is 1. The molecule has 2 amide bonds. The number of hydrogen-bond acceptors (Lipinski definition) is 6. The predicted octanol–water partition coefficient (Wildman–Crippen LogP) is 1.14. The van der Waals surface area contributed by atoms with Crippen molar-refractivity contribution in [2.24, 2.45) is 0 Å². The van der Waals surface area contributed by atoms with Gasteiger partial charge in [-0.05, 0) is 18.6 Å². The molecule has 2 heterocycles. The summed E-state index contributed by atoms with van der Waals surface area (Å²) in [5, 5.41) is 3.81. The monoisotopic (exact) mass is 416 g/mol. The first-order chi connectivity index (χ1) is 14.5. The minimum atomic E-state index is -0.775. The van der Waals surface area contributed by atoms with E-state index >= 15 is 0 Å². The zero-order chi connectivity index (χ0) is 21.5. The standard InChI is InChI=1S/C21H28N4O5/c1-3-30-21(28)25-10-8-24(9-11-25)14-19(26)23-18(20(27)29-2)12-15-13-22-17-7-5-4-6-16(15)17/h4-7,13,18,22H,3,8-12,14H2,1-2H3,(H,23,26)/t18-/m1/s1. The second-order valence-corrected chi connectivity index (χ2v) is 7.17. The molecular formula is C21H28N4O5. The van der Waals surface area contributed by atoms with Gasteiger partial charge in [-0.3, -0.25) is 9.69 Å². The van der Waals surface area contributed by atoms with Crippen LogP contribution in [-0.4, -0.2) is 85.2 Å². The van der Waals surface area contributed by atoms with Gasteiger partial charge in [0.25, 0.3) is 0 Å². The molecule has 1 aromatic heterocycles. The molecule has 2 N–H and O–H groups in total. The van der Waals surface area contributed by atoms with Crippen LogP contribution >= 0.6 is 0 Å². The fraction of sp³-hybridized carbons (Fsp3) is 0.476. The number of esters is 1. The maximum Gasteiger partial charge on any atom is 0.409 e. The first-order valence-electron chi connectivity index (χ1n) is 10.1. The largest absolute Gasteiger partial charge is 0.467 e. The molecule has 1 aliphatic heterocycles. The Morgan fingerprint density at radius 3 is 2.60 bits per heavy atom. The number of nitrogens with zero attached hydrogens (tertiary/aromatic N) is 2. The van der Waals surface area contributed by atoms with Gasteiger partial charge in [-0.25, -0.2) is 9.59 Å². The number of piperazine rings is 1. The van der Waals surface area contributed by atoms with Crippen LogP contribution in [0.25, 0.3) is 10.9 Å². The summed E-state index contributed by atoms with van der Waals surface area (Å²) in [6.07, 6.45) is 1.85. The first kappa shape index (κ1) is 21.6. The Hall–Kier alpha value is -3.07. The summed E-state index contributed by atoms with van der Waals surface area (Å²) in [7, 11) is 1.31. The molecule has 0 aliphatic carbocycles. The number of fused-ring (bicyclic) bond motifs is 1. The number of carbonyl (C=O) groups excluding carboxylic acids is 3. The zero-order valence-electron chi connectivity index (χ0n) is 17.3. The van der Waals surface area contributed by atoms with E-state index in [0.717, 1.165) is 16.5 Å². The summed E-state index contributed by atoms with van der Waals surface area (Å²) in [4.78, 5) is 43.4. The summed E-state index contributed by atoms with van der Waals surface area (Å²) in [6.45, 7) is 4.40. The van der Waals surface area contributed by atoms with E-state index in [9.17, 15) is 14.4 Å². The molecule has 30 heavy (non-hydrogen) atoms. The van der Waals surface area contributed by atoms with Crippen LogP contribution < -0.4 is 5.32 Å². The summed E-state index contributed by atoms with van der Waals surface area (Å²) in [5.41, 5.74) is 1.91. The van der Waals surface area contributed by atoms with Crippen molar-refractivity contribution in [1.82, 2.24) is 20.1 Å². The van der Waals surface area contributed by atoms with E-state index < -0.39 is 12.0 Å². The SMILES string of the molecule is CCOC(=O)N1CCN(CC(=O)N[C@H](Cc2c[nH]c3ccccc23)C(=O)OC)CC1. The molecule has 9 nitrogen and oxygen atoms in total. The molecule has 0 spiro atoms. The van der Waals surface area contributed by atoms with Crippen LogP contribution in [-0.2, 0) is 25.5 Å². The highest BCUT2D eigenvalue weighted by Crippen LogP contribution is 2.19. The number of amides is 2. The van der Waals surface area contributed by atoms with Crippen LogP contribution in [0.2, 0.25) is 0 Å². The molecule has 1 fully saturated rings. The number of para-hydroxylation sites is 1. The van der Waals surface area contributed by atoms with E-state index in [0.29, 0.717) is 39.2 Å². The summed E-state index contributed by atoms with van der Waals surface area (Å²) < 4.78 is 9.90. The normalized spacial score (nSPS) is 15.6. The molecule has 1 atom stereocenters.